The number of ether oxygens (including phenoxy) is 4. The molecule has 2 rings (SSSR count). The first-order chi connectivity index (χ1) is 13.0. The zero-order valence-electron chi connectivity index (χ0n) is 13.7. The Balaban J connectivity index is 2.45. The van der Waals surface area contributed by atoms with Crippen LogP contribution in [-0.4, -0.2) is 25.3 Å². The van der Waals surface area contributed by atoms with Crippen molar-refractivity contribution in [3.05, 3.63) is 41.7 Å². The molecule has 28 heavy (non-hydrogen) atoms. The van der Waals surface area contributed by atoms with Gasteiger partial charge in [-0.1, -0.05) is 0 Å². The molecular weight excluding hydrogens is 422 g/mol. The first kappa shape index (κ1) is 21.5. The average Bonchev–Trinajstić information content (AvgIpc) is 2.53. The fraction of sp³-hybridized carbons (Fsp3) is 0.188. The third-order valence-corrected chi connectivity index (χ3v) is 3.23. The molecule has 0 saturated heterocycles. The Kier molecular flexibility index (Phi) is 6.49. The van der Waals surface area contributed by atoms with E-state index in [0.717, 1.165) is 31.4 Å². The third-order valence-electron chi connectivity index (χ3n) is 3.04. The number of benzene rings is 2. The number of carbonyl (C=O) groups excluding carboxylic acids is 1. The number of methoxy groups -OCH3 is 1. The maximum Gasteiger partial charge on any atom is 0.573 e. The third kappa shape index (κ3) is 5.59. The van der Waals surface area contributed by atoms with Crippen molar-refractivity contribution in [2.24, 2.45) is 0 Å². The van der Waals surface area contributed by atoms with Crippen LogP contribution in [0.4, 0.5) is 26.3 Å². The highest BCUT2D eigenvalue weighted by Gasteiger charge is 2.31. The summed E-state index contributed by atoms with van der Waals surface area (Å²) in [5.41, 5.74) is -0.805. The fourth-order valence-electron chi connectivity index (χ4n) is 2.05. The molecule has 0 aliphatic carbocycles. The van der Waals surface area contributed by atoms with Crippen molar-refractivity contribution < 1.29 is 50.1 Å². The van der Waals surface area contributed by atoms with Gasteiger partial charge in [-0.15, -0.1) is 13.2 Å². The van der Waals surface area contributed by atoms with Gasteiger partial charge in [-0.2, -0.15) is 8.78 Å². The van der Waals surface area contributed by atoms with Gasteiger partial charge in [0, 0.05) is 18.2 Å². The van der Waals surface area contributed by atoms with Crippen molar-refractivity contribution in [3.8, 4) is 28.7 Å². The summed E-state index contributed by atoms with van der Waals surface area (Å²) in [6.45, 7) is -3.29. The lowest BCUT2D eigenvalue weighted by Gasteiger charge is -2.16. The largest absolute Gasteiger partial charge is 0.573 e. The van der Waals surface area contributed by atoms with Gasteiger partial charge in [-0.25, -0.2) is 4.39 Å². The first-order valence-electron chi connectivity index (χ1n) is 7.10. The van der Waals surface area contributed by atoms with E-state index >= 15 is 0 Å². The number of halogens is 7. The molecule has 0 heterocycles. The van der Waals surface area contributed by atoms with E-state index in [1.54, 1.807) is 0 Å². The molecule has 0 aromatic heterocycles. The number of hydrogen-bond acceptors (Lipinski definition) is 5. The average molecular weight is 431 g/mol. The van der Waals surface area contributed by atoms with Crippen LogP contribution in [0.2, 0.25) is 0 Å². The van der Waals surface area contributed by atoms with E-state index < -0.39 is 46.8 Å². The van der Waals surface area contributed by atoms with Gasteiger partial charge in [-0.05, 0) is 23.7 Å². The van der Waals surface area contributed by atoms with Crippen LogP contribution in [0.15, 0.2) is 30.3 Å². The quantitative estimate of drug-likeness (QED) is 0.428. The summed E-state index contributed by atoms with van der Waals surface area (Å²) in [6, 6.07) is 3.86. The lowest BCUT2D eigenvalue weighted by atomic mass is 10.2. The summed E-state index contributed by atoms with van der Waals surface area (Å²) in [5, 5.41) is -1.31. The van der Waals surface area contributed by atoms with E-state index in [2.05, 4.69) is 9.47 Å². The molecule has 2 aromatic rings. The Bertz CT molecular complexity index is 871. The van der Waals surface area contributed by atoms with Crippen molar-refractivity contribution in [2.45, 2.75) is 13.0 Å². The topological polar surface area (TPSA) is 54.0 Å². The molecular formula is C16H9ClF6O5. The summed E-state index contributed by atoms with van der Waals surface area (Å²) in [4.78, 5) is 11.5. The monoisotopic (exact) mass is 430 g/mol. The van der Waals surface area contributed by atoms with Gasteiger partial charge in [0.05, 0.1) is 7.11 Å². The van der Waals surface area contributed by atoms with Crippen molar-refractivity contribution in [2.75, 3.05) is 7.11 Å². The standard InChI is InChI=1S/C16H9ClF6O5/c1-25-11-5-7(28-16(21,22)23)2-3-10(11)27-12-6-8(26-15(19)20)4-9(18)13(12)14(17)24/h2-6,15H,1H3. The van der Waals surface area contributed by atoms with Crippen LogP contribution >= 0.6 is 11.6 Å². The van der Waals surface area contributed by atoms with Crippen molar-refractivity contribution in [1.29, 1.82) is 0 Å². The minimum Gasteiger partial charge on any atom is -0.493 e. The van der Waals surface area contributed by atoms with Crippen molar-refractivity contribution in [3.63, 3.8) is 0 Å². The lowest BCUT2D eigenvalue weighted by molar-refractivity contribution is -0.274. The molecule has 0 aliphatic rings. The van der Waals surface area contributed by atoms with Gasteiger partial charge < -0.3 is 18.9 Å². The summed E-state index contributed by atoms with van der Waals surface area (Å²) in [5.74, 6) is -3.85. The van der Waals surface area contributed by atoms with Crippen LogP contribution in [0.1, 0.15) is 10.4 Å². The van der Waals surface area contributed by atoms with Gasteiger partial charge in [0.2, 0.25) is 0 Å². The molecule has 0 saturated carbocycles. The molecule has 0 atom stereocenters. The molecule has 0 unspecified atom stereocenters. The predicted octanol–water partition coefficient (Wildman–Crippen LogP) is 5.51. The summed E-state index contributed by atoms with van der Waals surface area (Å²) < 4.78 is 93.6. The second-order valence-corrected chi connectivity index (χ2v) is 5.24. The minimum atomic E-state index is -4.96. The first-order valence-corrected chi connectivity index (χ1v) is 7.47. The van der Waals surface area contributed by atoms with Gasteiger partial charge in [0.25, 0.3) is 5.24 Å². The van der Waals surface area contributed by atoms with Crippen LogP contribution in [0.5, 0.6) is 28.7 Å². The minimum absolute atomic E-state index is 0.287. The molecule has 0 bridgehead atoms. The van der Waals surface area contributed by atoms with Crippen LogP contribution < -0.4 is 18.9 Å². The molecule has 5 nitrogen and oxygen atoms in total. The lowest BCUT2D eigenvalue weighted by Crippen LogP contribution is -2.17. The maximum absolute atomic E-state index is 14.1. The highest BCUT2D eigenvalue weighted by Crippen LogP contribution is 2.39. The molecule has 152 valence electrons. The highest BCUT2D eigenvalue weighted by molar-refractivity contribution is 6.68. The van der Waals surface area contributed by atoms with E-state index in [1.807, 2.05) is 0 Å². The zero-order valence-corrected chi connectivity index (χ0v) is 14.4. The van der Waals surface area contributed by atoms with E-state index in [1.165, 1.54) is 0 Å². The normalized spacial score (nSPS) is 11.3. The van der Waals surface area contributed by atoms with Crippen molar-refractivity contribution >= 4 is 16.8 Å². The molecule has 2 aromatic carbocycles. The summed E-state index contributed by atoms with van der Waals surface area (Å²) in [6.07, 6.45) is -4.96. The Morgan fingerprint density at radius 1 is 1.04 bits per heavy atom. The van der Waals surface area contributed by atoms with Gasteiger partial charge >= 0.3 is 13.0 Å². The Morgan fingerprint density at radius 3 is 2.21 bits per heavy atom. The molecule has 12 heteroatoms. The molecule has 0 amide bonds. The Labute approximate surface area is 158 Å². The van der Waals surface area contributed by atoms with Crippen LogP contribution in [0.3, 0.4) is 0 Å². The fourth-order valence-corrected chi connectivity index (χ4v) is 2.23. The maximum atomic E-state index is 14.1. The van der Waals surface area contributed by atoms with E-state index in [0.29, 0.717) is 6.07 Å². The Hall–Kier alpha value is -2.82. The molecule has 0 fully saturated rings. The Morgan fingerprint density at radius 2 is 1.68 bits per heavy atom. The zero-order chi connectivity index (χ0) is 21.1. The molecule has 0 spiro atoms. The number of hydrogen-bond donors (Lipinski definition) is 0. The smallest absolute Gasteiger partial charge is 0.493 e. The van der Waals surface area contributed by atoms with E-state index in [9.17, 15) is 31.1 Å². The summed E-state index contributed by atoms with van der Waals surface area (Å²) >= 11 is 5.29. The predicted molar refractivity (Wildman–Crippen MR) is 83.0 cm³/mol. The SMILES string of the molecule is COc1cc(OC(F)(F)F)ccc1Oc1cc(OC(F)F)cc(F)c1C(=O)Cl. The summed E-state index contributed by atoms with van der Waals surface area (Å²) in [7, 11) is 1.09. The number of alkyl halides is 5. The van der Waals surface area contributed by atoms with Crippen LogP contribution in [-0.2, 0) is 0 Å². The second-order valence-electron chi connectivity index (χ2n) is 4.89. The van der Waals surface area contributed by atoms with Gasteiger partial charge in [0.15, 0.2) is 11.5 Å². The van der Waals surface area contributed by atoms with E-state index in [-0.39, 0.29) is 11.5 Å². The van der Waals surface area contributed by atoms with E-state index in [4.69, 9.17) is 21.1 Å². The van der Waals surface area contributed by atoms with Crippen molar-refractivity contribution in [1.82, 2.24) is 0 Å². The van der Waals surface area contributed by atoms with Gasteiger partial charge in [0.1, 0.15) is 28.6 Å². The molecule has 0 radical (unpaired) electrons. The van der Waals surface area contributed by atoms with Crippen LogP contribution in [0.25, 0.3) is 0 Å². The number of carbonyl (C=O) groups is 1. The second kappa shape index (κ2) is 8.46. The van der Waals surface area contributed by atoms with Crippen LogP contribution in [0, 0.1) is 5.82 Å². The highest BCUT2D eigenvalue weighted by atomic mass is 35.5. The number of rotatable bonds is 7. The van der Waals surface area contributed by atoms with Gasteiger partial charge in [-0.3, -0.25) is 4.79 Å². The molecule has 0 aliphatic heterocycles. The molecule has 0 N–H and O–H groups in total.